The molecule has 7 heteroatoms. The Labute approximate surface area is 104 Å². The van der Waals surface area contributed by atoms with E-state index in [-0.39, 0.29) is 6.61 Å². The van der Waals surface area contributed by atoms with Crippen LogP contribution in [0.1, 0.15) is 6.92 Å². The molecule has 0 bridgehead atoms. The van der Waals surface area contributed by atoms with Crippen LogP contribution in [-0.4, -0.2) is 30.2 Å². The molecule has 94 valence electrons. The van der Waals surface area contributed by atoms with Crippen molar-refractivity contribution in [2.45, 2.75) is 12.4 Å². The predicted octanol–water partition coefficient (Wildman–Crippen LogP) is 1.13. The van der Waals surface area contributed by atoms with Gasteiger partial charge in [0.15, 0.2) is 5.50 Å². The van der Waals surface area contributed by atoms with Gasteiger partial charge in [-0.25, -0.2) is 15.2 Å². The van der Waals surface area contributed by atoms with Crippen molar-refractivity contribution in [2.24, 2.45) is 0 Å². The third-order valence-electron chi connectivity index (χ3n) is 1.78. The number of hydrazine groups is 1. The molecule has 0 saturated heterocycles. The summed E-state index contributed by atoms with van der Waals surface area (Å²) in [6, 6.07) is 3.41. The lowest BCUT2D eigenvalue weighted by atomic mass is 10.4. The first kappa shape index (κ1) is 13.5. The van der Waals surface area contributed by atoms with Crippen molar-refractivity contribution < 1.29 is 14.3 Å². The maximum absolute atomic E-state index is 11.2. The second-order valence-electron chi connectivity index (χ2n) is 2.97. The fraction of sp³-hybridized carbons (Fsp3) is 0.400. The number of hydrogen-bond acceptors (Lipinski definition) is 6. The molecule has 6 nitrogen and oxygen atoms in total. The summed E-state index contributed by atoms with van der Waals surface area (Å²) >= 11 is 5.73. The number of aromatic nitrogens is 1. The molecule has 0 saturated carbocycles. The van der Waals surface area contributed by atoms with E-state index in [1.54, 1.807) is 25.3 Å². The first-order valence-corrected chi connectivity index (χ1v) is 5.43. The third kappa shape index (κ3) is 4.46. The van der Waals surface area contributed by atoms with Gasteiger partial charge >= 0.3 is 5.97 Å². The SMILES string of the molecule is CCOC(=O)C(Cl)NNc1ccc(OC)nc1. The Morgan fingerprint density at radius 3 is 2.88 bits per heavy atom. The van der Waals surface area contributed by atoms with Gasteiger partial charge in [0.2, 0.25) is 5.88 Å². The van der Waals surface area contributed by atoms with Crippen LogP contribution >= 0.6 is 11.6 Å². The number of anilines is 1. The molecule has 0 fully saturated rings. The summed E-state index contributed by atoms with van der Waals surface area (Å²) in [5.74, 6) is -0.0356. The van der Waals surface area contributed by atoms with Crippen LogP contribution in [-0.2, 0) is 9.53 Å². The molecular weight excluding hydrogens is 246 g/mol. The van der Waals surface area contributed by atoms with Crippen molar-refractivity contribution in [3.63, 3.8) is 0 Å². The zero-order valence-electron chi connectivity index (χ0n) is 9.57. The highest BCUT2D eigenvalue weighted by atomic mass is 35.5. The highest BCUT2D eigenvalue weighted by Gasteiger charge is 2.15. The lowest BCUT2D eigenvalue weighted by molar-refractivity contribution is -0.143. The standard InChI is InChI=1S/C10H14ClN3O3/c1-3-17-10(15)9(11)14-13-7-4-5-8(16-2)12-6-7/h4-6,9,13-14H,3H2,1-2H3. The number of hydrogen-bond donors (Lipinski definition) is 2. The highest BCUT2D eigenvalue weighted by molar-refractivity contribution is 6.29. The van der Waals surface area contributed by atoms with E-state index in [9.17, 15) is 4.79 Å². The number of carbonyl (C=O) groups excluding carboxylic acids is 1. The molecule has 0 aliphatic heterocycles. The second kappa shape index (κ2) is 6.93. The van der Waals surface area contributed by atoms with Crippen molar-refractivity contribution in [3.8, 4) is 5.88 Å². The van der Waals surface area contributed by atoms with E-state index in [1.807, 2.05) is 0 Å². The van der Waals surface area contributed by atoms with Crippen LogP contribution in [0.2, 0.25) is 0 Å². The molecule has 0 spiro atoms. The number of alkyl halides is 1. The number of rotatable bonds is 6. The molecule has 1 aromatic rings. The molecule has 1 heterocycles. The number of carbonyl (C=O) groups is 1. The minimum atomic E-state index is -0.961. The van der Waals surface area contributed by atoms with Crippen molar-refractivity contribution >= 4 is 23.3 Å². The van der Waals surface area contributed by atoms with Crippen molar-refractivity contribution in [1.82, 2.24) is 10.4 Å². The quantitative estimate of drug-likeness (QED) is 0.345. The number of esters is 1. The molecule has 17 heavy (non-hydrogen) atoms. The maximum atomic E-state index is 11.2. The molecule has 1 atom stereocenters. The minimum Gasteiger partial charge on any atom is -0.481 e. The number of nitrogens with zero attached hydrogens (tertiary/aromatic N) is 1. The smallest absolute Gasteiger partial charge is 0.340 e. The predicted molar refractivity (Wildman–Crippen MR) is 63.8 cm³/mol. The number of ether oxygens (including phenoxy) is 2. The van der Waals surface area contributed by atoms with E-state index >= 15 is 0 Å². The average molecular weight is 260 g/mol. The van der Waals surface area contributed by atoms with Crippen molar-refractivity contribution in [3.05, 3.63) is 18.3 Å². The molecule has 0 amide bonds. The summed E-state index contributed by atoms with van der Waals surface area (Å²) in [4.78, 5) is 15.1. The van der Waals surface area contributed by atoms with Gasteiger partial charge in [0, 0.05) is 6.07 Å². The van der Waals surface area contributed by atoms with Crippen LogP contribution in [0.15, 0.2) is 18.3 Å². The molecule has 2 N–H and O–H groups in total. The summed E-state index contributed by atoms with van der Waals surface area (Å²) in [5.41, 5.74) is 5.01. The first-order chi connectivity index (χ1) is 8.17. The van der Waals surface area contributed by atoms with Gasteiger partial charge in [-0.2, -0.15) is 0 Å². The van der Waals surface area contributed by atoms with E-state index in [0.717, 1.165) is 0 Å². The summed E-state index contributed by atoms with van der Waals surface area (Å²) < 4.78 is 9.63. The van der Waals surface area contributed by atoms with E-state index in [0.29, 0.717) is 11.6 Å². The third-order valence-corrected chi connectivity index (χ3v) is 2.07. The zero-order chi connectivity index (χ0) is 12.7. The maximum Gasteiger partial charge on any atom is 0.340 e. The van der Waals surface area contributed by atoms with E-state index in [2.05, 4.69) is 15.8 Å². The molecule has 1 aromatic heterocycles. The van der Waals surface area contributed by atoms with Gasteiger partial charge < -0.3 is 14.9 Å². The summed E-state index contributed by atoms with van der Waals surface area (Å²) in [6.45, 7) is 2.00. The summed E-state index contributed by atoms with van der Waals surface area (Å²) in [7, 11) is 1.53. The largest absolute Gasteiger partial charge is 0.481 e. The Bertz CT molecular complexity index is 358. The van der Waals surface area contributed by atoms with Gasteiger partial charge in [-0.3, -0.25) is 0 Å². The molecule has 0 aliphatic rings. The lowest BCUT2D eigenvalue weighted by Gasteiger charge is -2.12. The van der Waals surface area contributed by atoms with E-state index in [1.165, 1.54) is 7.11 Å². The fourth-order valence-electron chi connectivity index (χ4n) is 0.996. The van der Waals surface area contributed by atoms with Gasteiger partial charge in [-0.05, 0) is 13.0 Å². The van der Waals surface area contributed by atoms with Gasteiger partial charge in [0.05, 0.1) is 25.6 Å². The molecular formula is C10H14ClN3O3. The van der Waals surface area contributed by atoms with Crippen LogP contribution < -0.4 is 15.6 Å². The number of halogens is 1. The zero-order valence-corrected chi connectivity index (χ0v) is 10.3. The van der Waals surface area contributed by atoms with Gasteiger partial charge in [-0.15, -0.1) is 0 Å². The van der Waals surface area contributed by atoms with Crippen LogP contribution in [0, 0.1) is 0 Å². The second-order valence-corrected chi connectivity index (χ2v) is 3.41. The fourth-order valence-corrected chi connectivity index (χ4v) is 1.11. The number of methoxy groups -OCH3 is 1. The molecule has 0 aliphatic carbocycles. The first-order valence-electron chi connectivity index (χ1n) is 4.99. The molecule has 1 rings (SSSR count). The Kier molecular flexibility index (Phi) is 5.51. The monoisotopic (exact) mass is 259 g/mol. The Balaban J connectivity index is 2.41. The van der Waals surface area contributed by atoms with Gasteiger partial charge in [-0.1, -0.05) is 11.6 Å². The summed E-state index contributed by atoms with van der Waals surface area (Å²) in [5, 5.41) is 0. The normalized spacial score (nSPS) is 11.7. The van der Waals surface area contributed by atoms with Crippen LogP contribution in [0.3, 0.4) is 0 Å². The molecule has 1 unspecified atom stereocenters. The van der Waals surface area contributed by atoms with Crippen molar-refractivity contribution in [1.29, 1.82) is 0 Å². The summed E-state index contributed by atoms with van der Waals surface area (Å²) in [6.07, 6.45) is 1.54. The minimum absolute atomic E-state index is 0.286. The van der Waals surface area contributed by atoms with Crippen LogP contribution in [0.25, 0.3) is 0 Å². The Hall–Kier alpha value is -1.53. The lowest BCUT2D eigenvalue weighted by Crippen LogP contribution is -2.37. The van der Waals surface area contributed by atoms with E-state index in [4.69, 9.17) is 21.1 Å². The topological polar surface area (TPSA) is 72.5 Å². The Morgan fingerprint density at radius 1 is 1.59 bits per heavy atom. The van der Waals surface area contributed by atoms with Crippen LogP contribution in [0.4, 0.5) is 5.69 Å². The molecule has 0 radical (unpaired) electrons. The van der Waals surface area contributed by atoms with E-state index < -0.39 is 11.5 Å². The van der Waals surface area contributed by atoms with Gasteiger partial charge in [0.25, 0.3) is 0 Å². The molecule has 0 aromatic carbocycles. The average Bonchev–Trinajstić information content (AvgIpc) is 2.36. The van der Waals surface area contributed by atoms with Crippen LogP contribution in [0.5, 0.6) is 5.88 Å². The number of nitrogens with one attached hydrogen (secondary N) is 2. The Morgan fingerprint density at radius 2 is 2.35 bits per heavy atom. The van der Waals surface area contributed by atoms with Crippen molar-refractivity contribution in [2.75, 3.05) is 19.1 Å². The van der Waals surface area contributed by atoms with Gasteiger partial charge in [0.1, 0.15) is 0 Å². The number of pyridine rings is 1. The highest BCUT2D eigenvalue weighted by Crippen LogP contribution is 2.10.